The number of aliphatic imine (C=N–C) groups is 1. The fourth-order valence-electron chi connectivity index (χ4n) is 1.83. The zero-order valence-electron chi connectivity index (χ0n) is 10.9. The van der Waals surface area contributed by atoms with Gasteiger partial charge < -0.3 is 15.8 Å². The molecule has 0 bridgehead atoms. The number of nitrogens with two attached hydrogens (primary N) is 1. The van der Waals surface area contributed by atoms with E-state index < -0.39 is 0 Å². The van der Waals surface area contributed by atoms with Crippen molar-refractivity contribution in [3.05, 3.63) is 28.0 Å². The summed E-state index contributed by atoms with van der Waals surface area (Å²) in [5.41, 5.74) is 6.71. The Hall–Kier alpha value is -1.30. The smallest absolute Gasteiger partial charge is 0.189 e. The van der Waals surface area contributed by atoms with Gasteiger partial charge in [0, 0.05) is 18.2 Å². The lowest BCUT2D eigenvalue weighted by molar-refractivity contribution is 0.323. The fourth-order valence-corrected chi connectivity index (χ4v) is 2.19. The Morgan fingerprint density at radius 3 is 3.05 bits per heavy atom. The SMILES string of the molecule is CC(C)CN=C(N)NC1COc2cc(F)c(Br)cc21. The van der Waals surface area contributed by atoms with Gasteiger partial charge in [0.15, 0.2) is 5.96 Å². The molecule has 104 valence electrons. The van der Waals surface area contributed by atoms with Crippen molar-refractivity contribution in [2.45, 2.75) is 19.9 Å². The molecule has 6 heteroatoms. The Morgan fingerprint density at radius 1 is 1.63 bits per heavy atom. The Bertz CT molecular complexity index is 505. The number of fused-ring (bicyclic) bond motifs is 1. The first-order chi connectivity index (χ1) is 8.97. The third-order valence-corrected chi connectivity index (χ3v) is 3.39. The largest absolute Gasteiger partial charge is 0.491 e. The number of hydrogen-bond acceptors (Lipinski definition) is 2. The molecule has 1 aliphatic rings. The van der Waals surface area contributed by atoms with Crippen LogP contribution < -0.4 is 15.8 Å². The number of halogens is 2. The third-order valence-electron chi connectivity index (χ3n) is 2.78. The van der Waals surface area contributed by atoms with Crippen LogP contribution in [0.1, 0.15) is 25.5 Å². The molecule has 0 fully saturated rings. The minimum absolute atomic E-state index is 0.0946. The second-order valence-corrected chi connectivity index (χ2v) is 5.79. The molecule has 0 amide bonds. The average Bonchev–Trinajstić information content (AvgIpc) is 2.70. The molecule has 1 aliphatic heterocycles. The van der Waals surface area contributed by atoms with E-state index in [0.29, 0.717) is 35.3 Å². The van der Waals surface area contributed by atoms with Gasteiger partial charge in [0.1, 0.15) is 18.2 Å². The molecular formula is C13H17BrFN3O. The Kier molecular flexibility index (Phi) is 4.29. The molecule has 4 nitrogen and oxygen atoms in total. The maximum Gasteiger partial charge on any atom is 0.189 e. The van der Waals surface area contributed by atoms with Gasteiger partial charge in [-0.05, 0) is 27.9 Å². The zero-order valence-corrected chi connectivity index (χ0v) is 12.5. The zero-order chi connectivity index (χ0) is 14.0. The van der Waals surface area contributed by atoms with Crippen molar-refractivity contribution in [3.63, 3.8) is 0 Å². The van der Waals surface area contributed by atoms with Gasteiger partial charge in [0.2, 0.25) is 0 Å². The van der Waals surface area contributed by atoms with E-state index in [1.807, 2.05) is 0 Å². The molecule has 19 heavy (non-hydrogen) atoms. The Balaban J connectivity index is 2.10. The lowest BCUT2D eigenvalue weighted by Crippen LogP contribution is -2.36. The van der Waals surface area contributed by atoms with Crippen LogP contribution in [0.2, 0.25) is 0 Å². The summed E-state index contributed by atoms with van der Waals surface area (Å²) in [6, 6.07) is 3.00. The second-order valence-electron chi connectivity index (χ2n) is 4.93. The topological polar surface area (TPSA) is 59.6 Å². The minimum Gasteiger partial charge on any atom is -0.491 e. The summed E-state index contributed by atoms with van der Waals surface area (Å²) in [6.45, 7) is 5.24. The highest BCUT2D eigenvalue weighted by Crippen LogP contribution is 2.35. The van der Waals surface area contributed by atoms with E-state index in [-0.39, 0.29) is 11.9 Å². The molecule has 1 aromatic carbocycles. The molecule has 0 spiro atoms. The lowest BCUT2D eigenvalue weighted by atomic mass is 10.1. The molecular weight excluding hydrogens is 313 g/mol. The summed E-state index contributed by atoms with van der Waals surface area (Å²) < 4.78 is 19.2. The van der Waals surface area contributed by atoms with Crippen molar-refractivity contribution in [2.75, 3.05) is 13.2 Å². The summed E-state index contributed by atoms with van der Waals surface area (Å²) in [5, 5.41) is 3.10. The number of benzene rings is 1. The highest BCUT2D eigenvalue weighted by Gasteiger charge is 2.26. The van der Waals surface area contributed by atoms with Crippen LogP contribution in [0.15, 0.2) is 21.6 Å². The molecule has 0 radical (unpaired) electrons. The van der Waals surface area contributed by atoms with Crippen LogP contribution in [0.5, 0.6) is 5.75 Å². The standard InChI is InChI=1S/C13H17BrFN3O/c1-7(2)5-17-13(16)18-11-6-19-12-4-10(15)9(14)3-8(11)12/h3-4,7,11H,5-6H2,1-2H3,(H3,16,17,18). The predicted octanol–water partition coefficient (Wildman–Crippen LogP) is 2.58. The second kappa shape index (κ2) is 5.77. The van der Waals surface area contributed by atoms with Gasteiger partial charge in [-0.3, -0.25) is 4.99 Å². The fraction of sp³-hybridized carbons (Fsp3) is 0.462. The number of nitrogens with one attached hydrogen (secondary N) is 1. The van der Waals surface area contributed by atoms with Crippen molar-refractivity contribution in [1.82, 2.24) is 5.32 Å². The molecule has 3 N–H and O–H groups in total. The van der Waals surface area contributed by atoms with Gasteiger partial charge in [-0.15, -0.1) is 0 Å². The Labute approximate surface area is 120 Å². The van der Waals surface area contributed by atoms with Crippen LogP contribution in [-0.4, -0.2) is 19.1 Å². The predicted molar refractivity (Wildman–Crippen MR) is 76.8 cm³/mol. The van der Waals surface area contributed by atoms with E-state index >= 15 is 0 Å². The van der Waals surface area contributed by atoms with Crippen molar-refractivity contribution >= 4 is 21.9 Å². The molecule has 0 aromatic heterocycles. The van der Waals surface area contributed by atoms with Gasteiger partial charge in [0.25, 0.3) is 0 Å². The van der Waals surface area contributed by atoms with Crippen LogP contribution in [0.3, 0.4) is 0 Å². The van der Waals surface area contributed by atoms with Crippen LogP contribution in [-0.2, 0) is 0 Å². The first kappa shape index (κ1) is 14.1. The van der Waals surface area contributed by atoms with Crippen molar-refractivity contribution in [2.24, 2.45) is 16.6 Å². The summed E-state index contributed by atoms with van der Waals surface area (Å²) in [7, 11) is 0. The van der Waals surface area contributed by atoms with E-state index in [9.17, 15) is 4.39 Å². The number of rotatable bonds is 3. The van der Waals surface area contributed by atoms with Gasteiger partial charge in [-0.2, -0.15) is 0 Å². The number of ether oxygens (including phenoxy) is 1. The molecule has 2 rings (SSSR count). The van der Waals surface area contributed by atoms with Crippen molar-refractivity contribution in [1.29, 1.82) is 0 Å². The number of guanidine groups is 1. The summed E-state index contributed by atoms with van der Waals surface area (Å²) >= 11 is 3.17. The molecule has 0 aliphatic carbocycles. The van der Waals surface area contributed by atoms with Crippen molar-refractivity contribution < 1.29 is 9.13 Å². The Morgan fingerprint density at radius 2 is 2.37 bits per heavy atom. The lowest BCUT2D eigenvalue weighted by Gasteiger charge is -2.13. The first-order valence-electron chi connectivity index (χ1n) is 6.15. The van der Waals surface area contributed by atoms with Gasteiger partial charge in [-0.1, -0.05) is 13.8 Å². The van der Waals surface area contributed by atoms with Crippen molar-refractivity contribution in [3.8, 4) is 5.75 Å². The number of hydrogen-bond donors (Lipinski definition) is 2. The summed E-state index contributed by atoms with van der Waals surface area (Å²) in [4.78, 5) is 4.24. The van der Waals surface area contributed by atoms with E-state index in [0.717, 1.165) is 5.56 Å². The summed E-state index contributed by atoms with van der Waals surface area (Å²) in [6.07, 6.45) is 0. The van der Waals surface area contributed by atoms with Gasteiger partial charge >= 0.3 is 0 Å². The van der Waals surface area contributed by atoms with Gasteiger partial charge in [0.05, 0.1) is 10.5 Å². The van der Waals surface area contributed by atoms with E-state index in [1.165, 1.54) is 6.07 Å². The highest BCUT2D eigenvalue weighted by atomic mass is 79.9. The monoisotopic (exact) mass is 329 g/mol. The van der Waals surface area contributed by atoms with E-state index in [1.54, 1.807) is 6.07 Å². The normalized spacial score (nSPS) is 18.4. The number of nitrogens with zero attached hydrogens (tertiary/aromatic N) is 1. The molecule has 1 aromatic rings. The van der Waals surface area contributed by atoms with Crippen LogP contribution >= 0.6 is 15.9 Å². The van der Waals surface area contributed by atoms with Crippen LogP contribution in [0, 0.1) is 11.7 Å². The maximum absolute atomic E-state index is 13.4. The molecule has 1 unspecified atom stereocenters. The molecule has 1 heterocycles. The van der Waals surface area contributed by atoms with E-state index in [2.05, 4.69) is 40.1 Å². The van der Waals surface area contributed by atoms with Crippen LogP contribution in [0.25, 0.3) is 0 Å². The molecule has 1 atom stereocenters. The third kappa shape index (κ3) is 3.37. The molecule has 0 saturated carbocycles. The maximum atomic E-state index is 13.4. The van der Waals surface area contributed by atoms with Gasteiger partial charge in [-0.25, -0.2) is 4.39 Å². The first-order valence-corrected chi connectivity index (χ1v) is 6.95. The summed E-state index contributed by atoms with van der Waals surface area (Å²) in [5.74, 6) is 1.06. The van der Waals surface area contributed by atoms with E-state index in [4.69, 9.17) is 10.5 Å². The molecule has 0 saturated heterocycles. The minimum atomic E-state index is -0.333. The average molecular weight is 330 g/mol. The van der Waals surface area contributed by atoms with Crippen LogP contribution in [0.4, 0.5) is 4.39 Å². The quantitative estimate of drug-likeness (QED) is 0.662. The highest BCUT2D eigenvalue weighted by molar-refractivity contribution is 9.10.